The summed E-state index contributed by atoms with van der Waals surface area (Å²) in [5.41, 5.74) is 0. The van der Waals surface area contributed by atoms with Crippen LogP contribution in [0.15, 0.2) is 18.7 Å². The summed E-state index contributed by atoms with van der Waals surface area (Å²) in [6.45, 7) is 1.98. The predicted molar refractivity (Wildman–Crippen MR) is 94.4 cm³/mol. The normalized spacial score (nSPS) is 15.0. The molecule has 1 aromatic rings. The number of H-pyrrole nitrogens is 1. The highest BCUT2D eigenvalue weighted by Gasteiger charge is 2.15. The van der Waals surface area contributed by atoms with E-state index in [0.29, 0.717) is 0 Å². The van der Waals surface area contributed by atoms with Crippen molar-refractivity contribution in [2.75, 3.05) is 38.9 Å². The Hall–Kier alpha value is -1.47. The average Bonchev–Trinajstić information content (AvgIpc) is 2.98. The van der Waals surface area contributed by atoms with Crippen molar-refractivity contribution in [1.29, 1.82) is 0 Å². The lowest BCUT2D eigenvalue weighted by molar-refractivity contribution is -0.670. The molecule has 1 aromatic heterocycles. The van der Waals surface area contributed by atoms with E-state index in [1.54, 1.807) is 0 Å². The average molecular weight is 413 g/mol. The fourth-order valence-electron chi connectivity index (χ4n) is 1.42. The first-order chi connectivity index (χ1) is 11.9. The number of carbonyl (C=O) groups is 2. The molecule has 0 bridgehead atoms. The minimum atomic E-state index is -3.24. The topological polar surface area (TPSA) is 147 Å². The van der Waals surface area contributed by atoms with E-state index in [0.717, 1.165) is 13.3 Å². The van der Waals surface area contributed by atoms with Crippen LogP contribution in [0.5, 0.6) is 0 Å². The third-order valence-electron chi connectivity index (χ3n) is 2.76. The van der Waals surface area contributed by atoms with Gasteiger partial charge < -0.3 is 19.3 Å². The van der Waals surface area contributed by atoms with Crippen LogP contribution in [0.25, 0.3) is 0 Å². The molecule has 150 valence electrons. The summed E-state index contributed by atoms with van der Waals surface area (Å²) in [5.74, 6) is -1.30. The van der Waals surface area contributed by atoms with Crippen LogP contribution >= 0.6 is 14.7 Å². The lowest BCUT2D eigenvalue weighted by atomic mass is 10.5. The van der Waals surface area contributed by atoms with E-state index in [9.17, 15) is 18.7 Å². The predicted octanol–water partition coefficient (Wildman–Crippen LogP) is 0.493. The van der Waals surface area contributed by atoms with Crippen molar-refractivity contribution in [2.45, 2.75) is 12.8 Å². The maximum absolute atomic E-state index is 11.1. The van der Waals surface area contributed by atoms with Gasteiger partial charge in [0, 0.05) is 25.7 Å². The molecule has 0 amide bonds. The Kier molecular flexibility index (Phi) is 11.3. The van der Waals surface area contributed by atoms with E-state index < -0.39 is 26.7 Å². The first-order valence-electron chi connectivity index (χ1n) is 7.77. The van der Waals surface area contributed by atoms with E-state index in [2.05, 4.69) is 14.5 Å². The summed E-state index contributed by atoms with van der Waals surface area (Å²) in [6.07, 6.45) is 5.02. The lowest BCUT2D eigenvalue weighted by Gasteiger charge is -2.08. The van der Waals surface area contributed by atoms with Crippen LogP contribution in [-0.2, 0) is 35.2 Å². The Morgan fingerprint density at radius 2 is 1.42 bits per heavy atom. The van der Waals surface area contributed by atoms with E-state index in [1.807, 2.05) is 30.3 Å². The highest BCUT2D eigenvalue weighted by Crippen LogP contribution is 2.36. The van der Waals surface area contributed by atoms with Gasteiger partial charge in [0.25, 0.3) is 0 Å². The zero-order chi connectivity index (χ0) is 20.2. The van der Waals surface area contributed by atoms with Gasteiger partial charge in [0.2, 0.25) is 6.33 Å². The summed E-state index contributed by atoms with van der Waals surface area (Å²) in [6, 6.07) is 0. The number of aromatic amines is 1. The number of rotatable bonds is 9. The molecule has 0 aliphatic heterocycles. The first-order valence-corrected chi connectivity index (χ1v) is 12.4. The maximum atomic E-state index is 11.1. The molecule has 10 nitrogen and oxygen atoms in total. The molecular weight excluding hydrogens is 386 g/mol. The largest absolute Gasteiger partial charge is 0.462 e. The molecule has 26 heavy (non-hydrogen) atoms. The molecule has 0 radical (unpaired) electrons. The van der Waals surface area contributed by atoms with Crippen LogP contribution in [0, 0.1) is 0 Å². The van der Waals surface area contributed by atoms with Crippen molar-refractivity contribution >= 4 is 26.7 Å². The van der Waals surface area contributed by atoms with E-state index >= 15 is 0 Å². The molecule has 1 rings (SSSR count). The molecule has 3 N–H and O–H groups in total. The summed E-state index contributed by atoms with van der Waals surface area (Å²) < 4.78 is 33.2. The molecule has 12 heteroatoms. The maximum Gasteiger partial charge on any atom is 0.306 e. The van der Waals surface area contributed by atoms with Gasteiger partial charge >= 0.3 is 11.9 Å². The summed E-state index contributed by atoms with van der Waals surface area (Å²) >= 11 is 0. The number of nitrogens with one attached hydrogen (secondary N) is 1. The molecule has 0 fully saturated rings. The molecule has 0 spiro atoms. The Bertz CT molecular complexity index is 595. The Labute approximate surface area is 152 Å². The second kappa shape index (κ2) is 12.0. The van der Waals surface area contributed by atoms with Crippen LogP contribution in [0.2, 0.25) is 0 Å². The first kappa shape index (κ1) is 24.5. The molecular formula is C14H27N2O8P2+. The van der Waals surface area contributed by atoms with Gasteiger partial charge in [0.05, 0.1) is 19.9 Å². The van der Waals surface area contributed by atoms with Crippen molar-refractivity contribution in [3.05, 3.63) is 18.7 Å². The van der Waals surface area contributed by atoms with Crippen molar-refractivity contribution in [1.82, 2.24) is 4.98 Å². The Balaban J connectivity index is 0.000000867. The molecule has 0 saturated carbocycles. The van der Waals surface area contributed by atoms with Gasteiger partial charge in [-0.2, -0.15) is 0 Å². The Morgan fingerprint density at radius 1 is 1.00 bits per heavy atom. The highest BCUT2D eigenvalue weighted by molar-refractivity contribution is 7.57. The van der Waals surface area contributed by atoms with Gasteiger partial charge in [-0.3, -0.25) is 23.7 Å². The lowest BCUT2D eigenvalue weighted by Crippen LogP contribution is -2.22. The zero-order valence-corrected chi connectivity index (χ0v) is 16.9. The van der Waals surface area contributed by atoms with Gasteiger partial charge in [-0.05, 0) is 0 Å². The molecule has 2 unspecified atom stereocenters. The van der Waals surface area contributed by atoms with Gasteiger partial charge in [-0.1, -0.05) is 0 Å². The Morgan fingerprint density at radius 3 is 1.65 bits per heavy atom. The molecule has 0 aliphatic carbocycles. The fraction of sp³-hybridized carbons (Fsp3) is 0.643. The SMILES string of the molecule is CP(=O)(O)CCC(=O)OCCOC(=O)CCP(C)(=O)O.C[n+]1cc[nH]c1. The number of hydrogen-bond donors (Lipinski definition) is 3. The summed E-state index contributed by atoms with van der Waals surface area (Å²) in [5, 5.41) is 0. The minimum absolute atomic E-state index is 0.159. The number of hydrogen-bond acceptors (Lipinski definition) is 6. The zero-order valence-electron chi connectivity index (χ0n) is 15.2. The van der Waals surface area contributed by atoms with Gasteiger partial charge in [-0.15, -0.1) is 0 Å². The van der Waals surface area contributed by atoms with Crippen LogP contribution < -0.4 is 4.57 Å². The number of aromatic nitrogens is 2. The third kappa shape index (κ3) is 17.4. The van der Waals surface area contributed by atoms with Crippen LogP contribution in [0.1, 0.15) is 12.8 Å². The summed E-state index contributed by atoms with van der Waals surface area (Å²) in [4.78, 5) is 43.1. The third-order valence-corrected chi connectivity index (χ3v) is 4.86. The second-order valence-corrected chi connectivity index (χ2v) is 10.9. The number of nitrogens with zero attached hydrogens (tertiary/aromatic N) is 1. The molecule has 1 heterocycles. The molecule has 0 aliphatic rings. The number of imidazole rings is 1. The number of aryl methyl sites for hydroxylation is 1. The van der Waals surface area contributed by atoms with Crippen LogP contribution in [0.3, 0.4) is 0 Å². The quantitative estimate of drug-likeness (QED) is 0.229. The number of esters is 2. The molecule has 2 atom stereocenters. The van der Waals surface area contributed by atoms with Crippen molar-refractivity contribution < 1.29 is 42.5 Å². The highest BCUT2D eigenvalue weighted by atomic mass is 31.2. The molecule has 0 saturated heterocycles. The van der Waals surface area contributed by atoms with E-state index in [1.165, 1.54) is 0 Å². The van der Waals surface area contributed by atoms with Crippen LogP contribution in [-0.4, -0.2) is 65.6 Å². The smallest absolute Gasteiger partial charge is 0.306 e. The molecule has 0 aromatic carbocycles. The second-order valence-electron chi connectivity index (χ2n) is 5.77. The van der Waals surface area contributed by atoms with Crippen LogP contribution in [0.4, 0.5) is 0 Å². The number of carbonyl (C=O) groups excluding carboxylic acids is 2. The van der Waals surface area contributed by atoms with Gasteiger partial charge in [0.15, 0.2) is 14.7 Å². The standard InChI is InChI=1S/C10H20O8P2.C4H6N2/c1-19(13,14)7-3-9(11)17-5-6-18-10(12)4-8-20(2,15)16;1-6-3-2-5-4-6/h3-8H2,1-2H3,(H,13,14)(H,15,16);2-4H,1H3/p+1. The number of ether oxygens (including phenoxy) is 2. The van der Waals surface area contributed by atoms with Gasteiger partial charge in [-0.25, -0.2) is 4.57 Å². The monoisotopic (exact) mass is 413 g/mol. The van der Waals surface area contributed by atoms with E-state index in [4.69, 9.17) is 9.79 Å². The summed E-state index contributed by atoms with van der Waals surface area (Å²) in [7, 11) is -4.50. The van der Waals surface area contributed by atoms with Crippen molar-refractivity contribution in [3.8, 4) is 0 Å². The van der Waals surface area contributed by atoms with E-state index in [-0.39, 0.29) is 38.4 Å². The van der Waals surface area contributed by atoms with Crippen molar-refractivity contribution in [2.24, 2.45) is 7.05 Å². The minimum Gasteiger partial charge on any atom is -0.462 e. The van der Waals surface area contributed by atoms with Gasteiger partial charge in [0.1, 0.15) is 25.6 Å². The van der Waals surface area contributed by atoms with Crippen molar-refractivity contribution in [3.63, 3.8) is 0 Å². The fourth-order valence-corrected chi connectivity index (χ4v) is 2.61.